The number of aryl methyl sites for hydroxylation is 1. The van der Waals surface area contributed by atoms with E-state index < -0.39 is 5.91 Å². The molecule has 0 saturated carbocycles. The van der Waals surface area contributed by atoms with E-state index in [0.29, 0.717) is 21.9 Å². The van der Waals surface area contributed by atoms with Gasteiger partial charge in [0.05, 0.1) is 17.7 Å². The number of furan rings is 1. The van der Waals surface area contributed by atoms with E-state index in [1.807, 2.05) is 5.38 Å². The topological polar surface area (TPSA) is 129 Å². The Labute approximate surface area is 204 Å². The standard InChI is InChI=1S/C23H24N6O3S2/c1-2-4-15-6-8-16(9-7-15)17-13-33-22(25-17)26-20(31)14-34-23-28-27-21(18-5-3-12-32-18)29(23)11-10-19(24)30/h3,5-9,12-13H,2,4,10-11,14H2,1H3,(H2,24,30)(H,25,26,31). The van der Waals surface area contributed by atoms with E-state index >= 15 is 0 Å². The van der Waals surface area contributed by atoms with Crippen LogP contribution in [0.4, 0.5) is 5.13 Å². The molecule has 2 amide bonds. The van der Waals surface area contributed by atoms with Crippen molar-refractivity contribution in [3.63, 3.8) is 0 Å². The summed E-state index contributed by atoms with van der Waals surface area (Å²) in [5.74, 6) is 0.448. The Hall–Kier alpha value is -3.44. The minimum atomic E-state index is -0.438. The van der Waals surface area contributed by atoms with Gasteiger partial charge in [0.15, 0.2) is 21.9 Å². The molecule has 0 aliphatic heterocycles. The van der Waals surface area contributed by atoms with Gasteiger partial charge >= 0.3 is 0 Å². The average Bonchev–Trinajstić information content (AvgIpc) is 3.58. The van der Waals surface area contributed by atoms with Crippen LogP contribution in [0.5, 0.6) is 0 Å². The van der Waals surface area contributed by atoms with Crippen molar-refractivity contribution < 1.29 is 14.0 Å². The molecular weight excluding hydrogens is 472 g/mol. The number of nitrogens with zero attached hydrogens (tertiary/aromatic N) is 4. The Morgan fingerprint density at radius 2 is 2.03 bits per heavy atom. The monoisotopic (exact) mass is 496 g/mol. The summed E-state index contributed by atoms with van der Waals surface area (Å²) in [4.78, 5) is 28.4. The number of carbonyl (C=O) groups excluding carboxylic acids is 2. The zero-order valence-electron chi connectivity index (χ0n) is 18.6. The summed E-state index contributed by atoms with van der Waals surface area (Å²) < 4.78 is 7.13. The molecule has 0 fully saturated rings. The molecule has 176 valence electrons. The van der Waals surface area contributed by atoms with E-state index in [-0.39, 0.29) is 24.6 Å². The maximum Gasteiger partial charge on any atom is 0.236 e. The van der Waals surface area contributed by atoms with Gasteiger partial charge in [-0.2, -0.15) is 0 Å². The lowest BCUT2D eigenvalue weighted by Crippen LogP contribution is -2.16. The highest BCUT2D eigenvalue weighted by atomic mass is 32.2. The fourth-order valence-corrected chi connectivity index (χ4v) is 4.79. The molecular formula is C23H24N6O3S2. The van der Waals surface area contributed by atoms with Crippen LogP contribution >= 0.6 is 23.1 Å². The fraction of sp³-hybridized carbons (Fsp3) is 0.261. The van der Waals surface area contributed by atoms with Crippen LogP contribution in [0.3, 0.4) is 0 Å². The SMILES string of the molecule is CCCc1ccc(-c2csc(NC(=O)CSc3nnc(-c4ccco4)n3CCC(N)=O)n2)cc1. The maximum absolute atomic E-state index is 12.5. The van der Waals surface area contributed by atoms with Crippen LogP contribution in [0.25, 0.3) is 22.8 Å². The number of nitrogens with one attached hydrogen (secondary N) is 1. The van der Waals surface area contributed by atoms with Crippen molar-refractivity contribution in [2.75, 3.05) is 11.1 Å². The van der Waals surface area contributed by atoms with Gasteiger partial charge in [-0.1, -0.05) is 49.4 Å². The normalized spacial score (nSPS) is 11.0. The molecule has 3 heterocycles. The Kier molecular flexibility index (Phi) is 7.76. The number of thioether (sulfide) groups is 1. The number of carbonyl (C=O) groups is 2. The third kappa shape index (κ3) is 5.91. The van der Waals surface area contributed by atoms with Crippen LogP contribution in [-0.4, -0.2) is 37.3 Å². The first kappa shape index (κ1) is 23.7. The number of nitrogens with two attached hydrogens (primary N) is 1. The second-order valence-electron chi connectivity index (χ2n) is 7.47. The molecule has 9 nitrogen and oxygen atoms in total. The van der Waals surface area contributed by atoms with Crippen LogP contribution in [0.1, 0.15) is 25.3 Å². The first-order valence-electron chi connectivity index (χ1n) is 10.8. The van der Waals surface area contributed by atoms with Crippen molar-refractivity contribution >= 4 is 40.0 Å². The number of hydrogen-bond donors (Lipinski definition) is 2. The number of thiazole rings is 1. The maximum atomic E-state index is 12.5. The second kappa shape index (κ2) is 11.1. The molecule has 0 saturated heterocycles. The van der Waals surface area contributed by atoms with Crippen LogP contribution in [0.2, 0.25) is 0 Å². The Morgan fingerprint density at radius 3 is 2.74 bits per heavy atom. The Morgan fingerprint density at radius 1 is 1.21 bits per heavy atom. The summed E-state index contributed by atoms with van der Waals surface area (Å²) in [6.45, 7) is 2.44. The van der Waals surface area contributed by atoms with Gasteiger partial charge in [-0.3, -0.25) is 14.2 Å². The van der Waals surface area contributed by atoms with Gasteiger partial charge in [0.2, 0.25) is 11.8 Å². The van der Waals surface area contributed by atoms with Crippen molar-refractivity contribution in [3.05, 3.63) is 53.6 Å². The van der Waals surface area contributed by atoms with Crippen molar-refractivity contribution in [1.82, 2.24) is 19.7 Å². The highest BCUT2D eigenvalue weighted by molar-refractivity contribution is 7.99. The van der Waals surface area contributed by atoms with Crippen molar-refractivity contribution in [2.24, 2.45) is 5.73 Å². The lowest BCUT2D eigenvalue weighted by atomic mass is 10.1. The summed E-state index contributed by atoms with van der Waals surface area (Å²) >= 11 is 2.59. The van der Waals surface area contributed by atoms with E-state index in [9.17, 15) is 9.59 Å². The number of rotatable bonds is 11. The third-order valence-electron chi connectivity index (χ3n) is 4.91. The minimum absolute atomic E-state index is 0.105. The van der Waals surface area contributed by atoms with Gasteiger partial charge in [0.1, 0.15) is 0 Å². The highest BCUT2D eigenvalue weighted by Crippen LogP contribution is 2.27. The molecule has 4 rings (SSSR count). The molecule has 0 spiro atoms. The molecule has 0 unspecified atom stereocenters. The fourth-order valence-electron chi connectivity index (χ4n) is 3.29. The number of aromatic nitrogens is 4. The van der Waals surface area contributed by atoms with Crippen LogP contribution in [-0.2, 0) is 22.6 Å². The average molecular weight is 497 g/mol. The summed E-state index contributed by atoms with van der Waals surface area (Å²) in [7, 11) is 0. The molecule has 34 heavy (non-hydrogen) atoms. The molecule has 1 aromatic carbocycles. The van der Waals surface area contributed by atoms with Gasteiger partial charge in [-0.05, 0) is 24.1 Å². The van der Waals surface area contributed by atoms with Crippen molar-refractivity contribution in [3.8, 4) is 22.8 Å². The molecule has 11 heteroatoms. The highest BCUT2D eigenvalue weighted by Gasteiger charge is 2.18. The number of hydrogen-bond acceptors (Lipinski definition) is 8. The van der Waals surface area contributed by atoms with Gasteiger partial charge in [0, 0.05) is 23.9 Å². The quantitative estimate of drug-likeness (QED) is 0.297. The number of benzene rings is 1. The zero-order valence-corrected chi connectivity index (χ0v) is 20.2. The Balaban J connectivity index is 1.38. The predicted molar refractivity (Wildman–Crippen MR) is 132 cm³/mol. The van der Waals surface area contributed by atoms with E-state index in [1.54, 1.807) is 16.7 Å². The van der Waals surface area contributed by atoms with Gasteiger partial charge in [-0.15, -0.1) is 21.5 Å². The van der Waals surface area contributed by atoms with E-state index in [1.165, 1.54) is 34.9 Å². The zero-order chi connectivity index (χ0) is 23.9. The minimum Gasteiger partial charge on any atom is -0.461 e. The van der Waals surface area contributed by atoms with E-state index in [4.69, 9.17) is 10.2 Å². The smallest absolute Gasteiger partial charge is 0.236 e. The lowest BCUT2D eigenvalue weighted by Gasteiger charge is -2.07. The summed E-state index contributed by atoms with van der Waals surface area (Å²) in [6, 6.07) is 11.8. The molecule has 0 aliphatic carbocycles. The number of amides is 2. The van der Waals surface area contributed by atoms with Gasteiger partial charge in [-0.25, -0.2) is 4.98 Å². The van der Waals surface area contributed by atoms with Crippen molar-refractivity contribution in [2.45, 2.75) is 37.9 Å². The van der Waals surface area contributed by atoms with Crippen molar-refractivity contribution in [1.29, 1.82) is 0 Å². The first-order valence-corrected chi connectivity index (χ1v) is 12.6. The molecule has 0 aliphatic rings. The predicted octanol–water partition coefficient (Wildman–Crippen LogP) is 4.22. The molecule has 3 aromatic heterocycles. The number of primary amides is 1. The first-order chi connectivity index (χ1) is 16.5. The largest absolute Gasteiger partial charge is 0.461 e. The molecule has 4 aromatic rings. The summed E-state index contributed by atoms with van der Waals surface area (Å²) in [5, 5.41) is 14.1. The Bertz CT molecular complexity index is 1250. The lowest BCUT2D eigenvalue weighted by molar-refractivity contribution is -0.118. The van der Waals surface area contributed by atoms with Crippen LogP contribution in [0, 0.1) is 0 Å². The summed E-state index contributed by atoms with van der Waals surface area (Å²) in [6.07, 6.45) is 3.81. The summed E-state index contributed by atoms with van der Waals surface area (Å²) in [5.41, 5.74) is 8.44. The van der Waals surface area contributed by atoms with Gasteiger partial charge < -0.3 is 15.5 Å². The van der Waals surface area contributed by atoms with E-state index in [2.05, 4.69) is 51.7 Å². The molecule has 3 N–H and O–H groups in total. The molecule has 0 bridgehead atoms. The third-order valence-corrected chi connectivity index (χ3v) is 6.64. The van der Waals surface area contributed by atoms with Crippen LogP contribution < -0.4 is 11.1 Å². The van der Waals surface area contributed by atoms with E-state index in [0.717, 1.165) is 24.1 Å². The molecule has 0 atom stereocenters. The van der Waals surface area contributed by atoms with Gasteiger partial charge in [0.25, 0.3) is 0 Å². The molecule has 0 radical (unpaired) electrons. The number of anilines is 1. The van der Waals surface area contributed by atoms with Crippen LogP contribution in [0.15, 0.2) is 57.6 Å². The second-order valence-corrected chi connectivity index (χ2v) is 9.27.